The molecule has 0 aliphatic carbocycles. The van der Waals surface area contributed by atoms with E-state index < -0.39 is 18.0 Å². The topological polar surface area (TPSA) is 85.2 Å². The number of methoxy groups -OCH3 is 3. The first-order valence-electron chi connectivity index (χ1n) is 5.67. The standard InChI is InChI=1S/C13H18O6/c1-7(13(15)16)12(14)8-5-10(18-3)11(19-4)6-9(8)17-2/h5-7,12,14H,1-4H3,(H,15,16). The molecular formula is C13H18O6. The number of carboxylic acid groups (broad SMARTS) is 1. The van der Waals surface area contributed by atoms with Crippen molar-refractivity contribution in [2.24, 2.45) is 5.92 Å². The van der Waals surface area contributed by atoms with Crippen molar-refractivity contribution in [1.82, 2.24) is 0 Å². The van der Waals surface area contributed by atoms with Gasteiger partial charge in [-0.2, -0.15) is 0 Å². The minimum atomic E-state index is -1.20. The summed E-state index contributed by atoms with van der Waals surface area (Å²) in [5, 5.41) is 19.0. The van der Waals surface area contributed by atoms with E-state index in [0.717, 1.165) is 0 Å². The molecule has 0 radical (unpaired) electrons. The van der Waals surface area contributed by atoms with E-state index in [1.807, 2.05) is 0 Å². The molecule has 0 saturated carbocycles. The number of aliphatic hydroxyl groups excluding tert-OH is 1. The maximum atomic E-state index is 10.9. The predicted octanol–water partition coefficient (Wildman–Crippen LogP) is 1.47. The van der Waals surface area contributed by atoms with Gasteiger partial charge in [-0.05, 0) is 13.0 Å². The van der Waals surface area contributed by atoms with Crippen LogP contribution < -0.4 is 14.2 Å². The van der Waals surface area contributed by atoms with Gasteiger partial charge >= 0.3 is 5.97 Å². The van der Waals surface area contributed by atoms with Gasteiger partial charge in [-0.25, -0.2) is 0 Å². The van der Waals surface area contributed by atoms with E-state index in [0.29, 0.717) is 22.8 Å². The van der Waals surface area contributed by atoms with Crippen molar-refractivity contribution < 1.29 is 29.2 Å². The Labute approximate surface area is 111 Å². The van der Waals surface area contributed by atoms with Crippen LogP contribution in [0.25, 0.3) is 0 Å². The molecule has 1 aromatic rings. The van der Waals surface area contributed by atoms with Gasteiger partial charge in [0.15, 0.2) is 11.5 Å². The van der Waals surface area contributed by atoms with Crippen LogP contribution in [0.5, 0.6) is 17.2 Å². The summed E-state index contributed by atoms with van der Waals surface area (Å²) in [4.78, 5) is 10.9. The van der Waals surface area contributed by atoms with E-state index in [2.05, 4.69) is 0 Å². The average molecular weight is 270 g/mol. The molecule has 6 heteroatoms. The summed E-state index contributed by atoms with van der Waals surface area (Å²) >= 11 is 0. The SMILES string of the molecule is COc1cc(OC)c(C(O)C(C)C(=O)O)cc1OC. The fourth-order valence-electron chi connectivity index (χ4n) is 1.69. The highest BCUT2D eigenvalue weighted by Gasteiger charge is 2.27. The van der Waals surface area contributed by atoms with Gasteiger partial charge in [-0.1, -0.05) is 0 Å². The number of ether oxygens (including phenoxy) is 3. The van der Waals surface area contributed by atoms with E-state index in [1.54, 1.807) is 6.07 Å². The van der Waals surface area contributed by atoms with Crippen LogP contribution in [0.3, 0.4) is 0 Å². The van der Waals surface area contributed by atoms with Crippen molar-refractivity contribution >= 4 is 5.97 Å². The maximum absolute atomic E-state index is 10.9. The first-order valence-corrected chi connectivity index (χ1v) is 5.67. The number of hydrogen-bond donors (Lipinski definition) is 2. The van der Waals surface area contributed by atoms with Crippen molar-refractivity contribution in [3.63, 3.8) is 0 Å². The largest absolute Gasteiger partial charge is 0.496 e. The second-order valence-corrected chi connectivity index (χ2v) is 4.02. The Morgan fingerprint density at radius 2 is 1.53 bits per heavy atom. The predicted molar refractivity (Wildman–Crippen MR) is 67.9 cm³/mol. The highest BCUT2D eigenvalue weighted by Crippen LogP contribution is 2.39. The normalized spacial score (nSPS) is 13.5. The molecule has 106 valence electrons. The summed E-state index contributed by atoms with van der Waals surface area (Å²) in [6, 6.07) is 3.06. The quantitative estimate of drug-likeness (QED) is 0.814. The van der Waals surface area contributed by atoms with E-state index in [4.69, 9.17) is 19.3 Å². The molecule has 6 nitrogen and oxygen atoms in total. The molecule has 2 atom stereocenters. The lowest BCUT2D eigenvalue weighted by Crippen LogP contribution is -2.19. The monoisotopic (exact) mass is 270 g/mol. The van der Waals surface area contributed by atoms with Crippen molar-refractivity contribution in [2.45, 2.75) is 13.0 Å². The van der Waals surface area contributed by atoms with Crippen LogP contribution in [0, 0.1) is 5.92 Å². The lowest BCUT2D eigenvalue weighted by molar-refractivity contribution is -0.145. The highest BCUT2D eigenvalue weighted by atomic mass is 16.5. The zero-order valence-corrected chi connectivity index (χ0v) is 11.3. The minimum absolute atomic E-state index is 0.343. The number of carboxylic acids is 1. The molecule has 19 heavy (non-hydrogen) atoms. The zero-order chi connectivity index (χ0) is 14.6. The third-order valence-electron chi connectivity index (χ3n) is 2.92. The third-order valence-corrected chi connectivity index (χ3v) is 2.92. The fourth-order valence-corrected chi connectivity index (χ4v) is 1.69. The third kappa shape index (κ3) is 3.08. The molecule has 2 unspecified atom stereocenters. The number of aliphatic hydroxyl groups is 1. The van der Waals surface area contributed by atoms with Crippen LogP contribution in [0.1, 0.15) is 18.6 Å². The van der Waals surface area contributed by atoms with Gasteiger partial charge in [0.05, 0.1) is 33.4 Å². The molecule has 0 amide bonds. The number of benzene rings is 1. The van der Waals surface area contributed by atoms with Gasteiger partial charge in [0.2, 0.25) is 0 Å². The Bertz CT molecular complexity index is 457. The zero-order valence-electron chi connectivity index (χ0n) is 11.3. The Morgan fingerprint density at radius 3 is 1.95 bits per heavy atom. The Morgan fingerprint density at radius 1 is 1.05 bits per heavy atom. The molecule has 0 spiro atoms. The molecule has 0 saturated heterocycles. The number of carbonyl (C=O) groups is 1. The lowest BCUT2D eigenvalue weighted by atomic mass is 9.96. The highest BCUT2D eigenvalue weighted by molar-refractivity contribution is 5.71. The van der Waals surface area contributed by atoms with Crippen molar-refractivity contribution in [3.05, 3.63) is 17.7 Å². The smallest absolute Gasteiger partial charge is 0.309 e. The van der Waals surface area contributed by atoms with E-state index in [1.165, 1.54) is 34.3 Å². The molecular weight excluding hydrogens is 252 g/mol. The molecule has 0 fully saturated rings. The second kappa shape index (κ2) is 6.29. The first-order chi connectivity index (χ1) is 8.96. The Kier molecular flexibility index (Phi) is 5.00. The van der Waals surface area contributed by atoms with Crippen LogP contribution in [0.4, 0.5) is 0 Å². The van der Waals surface area contributed by atoms with E-state index in [-0.39, 0.29) is 0 Å². The van der Waals surface area contributed by atoms with Crippen LogP contribution in [-0.4, -0.2) is 37.5 Å². The van der Waals surface area contributed by atoms with Crippen molar-refractivity contribution in [3.8, 4) is 17.2 Å². The van der Waals surface area contributed by atoms with Gasteiger partial charge in [0.25, 0.3) is 0 Å². The summed E-state index contributed by atoms with van der Waals surface area (Å²) < 4.78 is 15.4. The summed E-state index contributed by atoms with van der Waals surface area (Å²) in [6.45, 7) is 1.42. The molecule has 0 heterocycles. The van der Waals surface area contributed by atoms with E-state index in [9.17, 15) is 9.90 Å². The molecule has 0 bridgehead atoms. The van der Waals surface area contributed by atoms with Crippen molar-refractivity contribution in [2.75, 3.05) is 21.3 Å². The number of rotatable bonds is 6. The minimum Gasteiger partial charge on any atom is -0.496 e. The molecule has 0 aromatic heterocycles. The summed E-state index contributed by atoms with van der Waals surface area (Å²) in [5.74, 6) is -0.872. The average Bonchev–Trinajstić information content (AvgIpc) is 2.43. The van der Waals surface area contributed by atoms with Crippen LogP contribution >= 0.6 is 0 Å². The maximum Gasteiger partial charge on any atom is 0.309 e. The number of hydrogen-bond acceptors (Lipinski definition) is 5. The second-order valence-electron chi connectivity index (χ2n) is 4.02. The van der Waals surface area contributed by atoms with Gasteiger partial charge in [-0.3, -0.25) is 4.79 Å². The van der Waals surface area contributed by atoms with Crippen molar-refractivity contribution in [1.29, 1.82) is 0 Å². The number of aliphatic carboxylic acids is 1. The van der Waals surface area contributed by atoms with Crippen LogP contribution in [0.2, 0.25) is 0 Å². The lowest BCUT2D eigenvalue weighted by Gasteiger charge is -2.20. The van der Waals surface area contributed by atoms with Crippen LogP contribution in [-0.2, 0) is 4.79 Å². The van der Waals surface area contributed by atoms with Crippen LogP contribution in [0.15, 0.2) is 12.1 Å². The molecule has 1 rings (SSSR count). The summed E-state index contributed by atoms with van der Waals surface area (Å²) in [6.07, 6.45) is -1.20. The Hall–Kier alpha value is -1.95. The fraction of sp³-hybridized carbons (Fsp3) is 0.462. The molecule has 0 aliphatic rings. The van der Waals surface area contributed by atoms with Gasteiger partial charge in [0.1, 0.15) is 5.75 Å². The summed E-state index contributed by atoms with van der Waals surface area (Å²) in [5.41, 5.74) is 0.343. The van der Waals surface area contributed by atoms with Gasteiger partial charge in [-0.15, -0.1) is 0 Å². The van der Waals surface area contributed by atoms with Gasteiger partial charge in [0, 0.05) is 11.6 Å². The molecule has 2 N–H and O–H groups in total. The molecule has 1 aromatic carbocycles. The first kappa shape index (κ1) is 15.1. The van der Waals surface area contributed by atoms with Gasteiger partial charge < -0.3 is 24.4 Å². The molecule has 0 aliphatic heterocycles. The Balaban J connectivity index is 3.29. The summed E-state index contributed by atoms with van der Waals surface area (Å²) in [7, 11) is 4.37. The van der Waals surface area contributed by atoms with E-state index >= 15 is 0 Å².